The standard InChI is InChI=1S/C5H12.C3H8.C3H6.2C2H6/c1-4-5(2)3;2*1-3-2;2*1-2/h5H,4H2,1-3H3;3H2,1-2H3;3H,1H2,2H3;2*1-2H3. The van der Waals surface area contributed by atoms with Crippen molar-refractivity contribution in [3.05, 3.63) is 12.7 Å². The van der Waals surface area contributed by atoms with Gasteiger partial charge in [0.05, 0.1) is 0 Å². The first kappa shape index (κ1) is 29.3. The number of allylic oxidation sites excluding steroid dienone is 1. The monoisotopic (exact) mass is 218 g/mol. The molecule has 0 aliphatic rings. The molecule has 0 aliphatic carbocycles. The highest BCUT2D eigenvalue weighted by Gasteiger charge is 1.80. The van der Waals surface area contributed by atoms with Gasteiger partial charge in [-0.3, -0.25) is 0 Å². The lowest BCUT2D eigenvalue weighted by molar-refractivity contribution is 0.626. The maximum absolute atomic E-state index is 3.36. The summed E-state index contributed by atoms with van der Waals surface area (Å²) in [6.07, 6.45) is 4.31. The average molecular weight is 218 g/mol. The van der Waals surface area contributed by atoms with Gasteiger partial charge in [0.15, 0.2) is 0 Å². The highest BCUT2D eigenvalue weighted by Crippen LogP contribution is 1.93. The minimum atomic E-state index is 0.884. The zero-order chi connectivity index (χ0) is 13.7. The summed E-state index contributed by atoms with van der Waals surface area (Å²) in [5, 5.41) is 0. The molecule has 0 N–H and O–H groups in total. The largest absolute Gasteiger partial charge is 0.103 e. The van der Waals surface area contributed by atoms with E-state index in [1.165, 1.54) is 12.8 Å². The van der Waals surface area contributed by atoms with Crippen molar-refractivity contribution in [2.45, 2.75) is 82.1 Å². The Kier molecular flexibility index (Phi) is 132. The van der Waals surface area contributed by atoms with Crippen LogP contribution in [0.5, 0.6) is 0 Å². The summed E-state index contributed by atoms with van der Waals surface area (Å²) in [4.78, 5) is 0. The molecule has 0 spiro atoms. The quantitative estimate of drug-likeness (QED) is 0.429. The molecule has 15 heavy (non-hydrogen) atoms. The molecule has 0 aliphatic heterocycles. The second kappa shape index (κ2) is 67.7. The molecule has 0 saturated carbocycles. The van der Waals surface area contributed by atoms with Gasteiger partial charge in [-0.2, -0.15) is 0 Å². The fourth-order valence-corrected chi connectivity index (χ4v) is 0. The Morgan fingerprint density at radius 3 is 1.00 bits per heavy atom. The van der Waals surface area contributed by atoms with Gasteiger partial charge >= 0.3 is 0 Å². The first-order valence-electron chi connectivity index (χ1n) is 6.67. The fraction of sp³-hybridized carbons (Fsp3) is 0.867. The van der Waals surface area contributed by atoms with E-state index in [0.717, 1.165) is 5.92 Å². The van der Waals surface area contributed by atoms with Crippen molar-refractivity contribution < 1.29 is 0 Å². The van der Waals surface area contributed by atoms with Crippen molar-refractivity contribution in [2.24, 2.45) is 5.92 Å². The van der Waals surface area contributed by atoms with Crippen LogP contribution in [0.4, 0.5) is 0 Å². The summed E-state index contributed by atoms with van der Waals surface area (Å²) in [7, 11) is 0. The number of hydrogen-bond donors (Lipinski definition) is 0. The van der Waals surface area contributed by atoms with Crippen LogP contribution in [0.3, 0.4) is 0 Å². The van der Waals surface area contributed by atoms with Crippen LogP contribution in [0.1, 0.15) is 82.1 Å². The fourth-order valence-electron chi connectivity index (χ4n) is 0. The number of hydrogen-bond acceptors (Lipinski definition) is 0. The van der Waals surface area contributed by atoms with Crippen LogP contribution < -0.4 is 0 Å². The van der Waals surface area contributed by atoms with Crippen LogP contribution in [0.15, 0.2) is 12.7 Å². The van der Waals surface area contributed by atoms with Crippen molar-refractivity contribution in [1.29, 1.82) is 0 Å². The van der Waals surface area contributed by atoms with E-state index in [2.05, 4.69) is 41.2 Å². The van der Waals surface area contributed by atoms with Gasteiger partial charge in [0, 0.05) is 0 Å². The molecule has 0 rings (SSSR count). The van der Waals surface area contributed by atoms with E-state index < -0.39 is 0 Å². The molecular weight excluding hydrogens is 180 g/mol. The van der Waals surface area contributed by atoms with Crippen molar-refractivity contribution in [3.63, 3.8) is 0 Å². The van der Waals surface area contributed by atoms with Crippen molar-refractivity contribution >= 4 is 0 Å². The topological polar surface area (TPSA) is 0 Å². The van der Waals surface area contributed by atoms with E-state index >= 15 is 0 Å². The van der Waals surface area contributed by atoms with E-state index in [4.69, 9.17) is 0 Å². The summed E-state index contributed by atoms with van der Waals surface area (Å²) in [5.74, 6) is 0.884. The first-order chi connectivity index (χ1) is 7.10. The smallest absolute Gasteiger partial charge is 0.0473 e. The van der Waals surface area contributed by atoms with Crippen LogP contribution in [0, 0.1) is 5.92 Å². The molecular formula is C15H38. The third-order valence-electron chi connectivity index (χ3n) is 0.816. The predicted octanol–water partition coefficient (Wildman–Crippen LogP) is 6.71. The molecule has 0 atom stereocenters. The molecule has 98 valence electrons. The van der Waals surface area contributed by atoms with Crippen LogP contribution in [0.2, 0.25) is 0 Å². The Morgan fingerprint density at radius 1 is 0.933 bits per heavy atom. The van der Waals surface area contributed by atoms with Gasteiger partial charge in [-0.15, -0.1) is 6.58 Å². The molecule has 0 heterocycles. The van der Waals surface area contributed by atoms with Gasteiger partial charge in [-0.25, -0.2) is 0 Å². The van der Waals surface area contributed by atoms with Gasteiger partial charge in [-0.1, -0.05) is 81.2 Å². The van der Waals surface area contributed by atoms with E-state index in [0.29, 0.717) is 0 Å². The highest BCUT2D eigenvalue weighted by atomic mass is 13.9. The summed E-state index contributed by atoms with van der Waals surface area (Å²) >= 11 is 0. The van der Waals surface area contributed by atoms with E-state index in [-0.39, 0.29) is 0 Å². The highest BCUT2D eigenvalue weighted by molar-refractivity contribution is 4.51. The molecule has 0 heteroatoms. The first-order valence-corrected chi connectivity index (χ1v) is 6.67. The SMILES string of the molecule is C=CC.CC.CC.CCC.CCC(C)C. The average Bonchev–Trinajstić information content (AvgIpc) is 2.26. The lowest BCUT2D eigenvalue weighted by Crippen LogP contribution is -1.77. The minimum Gasteiger partial charge on any atom is -0.103 e. The van der Waals surface area contributed by atoms with Gasteiger partial charge < -0.3 is 0 Å². The van der Waals surface area contributed by atoms with Gasteiger partial charge in [0.1, 0.15) is 0 Å². The molecule has 0 saturated heterocycles. The summed E-state index contributed by atoms with van der Waals surface area (Å²) in [6, 6.07) is 0. The summed E-state index contributed by atoms with van der Waals surface area (Å²) in [5.41, 5.74) is 0. The lowest BCUT2D eigenvalue weighted by Gasteiger charge is -1.90. The molecule has 0 nitrogen and oxygen atoms in total. The Bertz CT molecular complexity index is 44.0. The van der Waals surface area contributed by atoms with E-state index in [1.54, 1.807) is 6.08 Å². The molecule has 0 fully saturated rings. The second-order valence-electron chi connectivity index (χ2n) is 2.92. The third kappa shape index (κ3) is 625. The summed E-state index contributed by atoms with van der Waals surface area (Å²) < 4.78 is 0. The maximum atomic E-state index is 3.36. The normalized spacial score (nSPS) is 6.07. The maximum Gasteiger partial charge on any atom is -0.0473 e. The van der Waals surface area contributed by atoms with Crippen molar-refractivity contribution in [1.82, 2.24) is 0 Å². The zero-order valence-electron chi connectivity index (χ0n) is 13.3. The van der Waals surface area contributed by atoms with E-state index in [9.17, 15) is 0 Å². The van der Waals surface area contributed by atoms with Crippen LogP contribution in [-0.2, 0) is 0 Å². The van der Waals surface area contributed by atoms with Crippen LogP contribution in [-0.4, -0.2) is 0 Å². The molecule has 0 radical (unpaired) electrons. The zero-order valence-corrected chi connectivity index (χ0v) is 13.3. The molecule has 0 bridgehead atoms. The molecule has 0 unspecified atom stereocenters. The Labute approximate surface area is 101 Å². The van der Waals surface area contributed by atoms with Crippen molar-refractivity contribution in [2.75, 3.05) is 0 Å². The Balaban J connectivity index is -0.0000000296. The predicted molar refractivity (Wildman–Crippen MR) is 79.7 cm³/mol. The lowest BCUT2D eigenvalue weighted by atomic mass is 10.2. The van der Waals surface area contributed by atoms with Gasteiger partial charge in [-0.05, 0) is 12.8 Å². The Morgan fingerprint density at radius 2 is 1.00 bits per heavy atom. The minimum absolute atomic E-state index is 0.884. The third-order valence-corrected chi connectivity index (χ3v) is 0.816. The molecule has 0 amide bonds. The summed E-state index contributed by atoms with van der Waals surface area (Å²) in [6.45, 7) is 24.1. The number of rotatable bonds is 1. The Hall–Kier alpha value is -0.260. The molecule has 0 aromatic carbocycles. The van der Waals surface area contributed by atoms with Gasteiger partial charge in [0.2, 0.25) is 0 Å². The van der Waals surface area contributed by atoms with Crippen LogP contribution in [0.25, 0.3) is 0 Å². The molecule has 0 aromatic heterocycles. The second-order valence-corrected chi connectivity index (χ2v) is 2.92. The van der Waals surface area contributed by atoms with Gasteiger partial charge in [0.25, 0.3) is 0 Å². The molecule has 0 aromatic rings. The van der Waals surface area contributed by atoms with Crippen molar-refractivity contribution in [3.8, 4) is 0 Å². The van der Waals surface area contributed by atoms with E-state index in [1.807, 2.05) is 34.6 Å². The van der Waals surface area contributed by atoms with Crippen LogP contribution >= 0.6 is 0 Å².